The molecule has 3 rings (SSSR count). The van der Waals surface area contributed by atoms with E-state index in [4.69, 9.17) is 4.74 Å². The number of anilines is 1. The Balaban J connectivity index is 1.44. The summed E-state index contributed by atoms with van der Waals surface area (Å²) < 4.78 is 30.8. The van der Waals surface area contributed by atoms with Gasteiger partial charge in [-0.25, -0.2) is 8.42 Å². The van der Waals surface area contributed by atoms with Gasteiger partial charge in [-0.3, -0.25) is 9.10 Å². The summed E-state index contributed by atoms with van der Waals surface area (Å²) in [5, 5.41) is 5.42. The predicted octanol–water partition coefficient (Wildman–Crippen LogP) is 4.14. The lowest BCUT2D eigenvalue weighted by atomic mass is 10.0. The number of aryl methyl sites for hydroxylation is 1. The Labute approximate surface area is 190 Å². The molecule has 1 N–H and O–H groups in total. The molecule has 0 unspecified atom stereocenters. The smallest absolute Gasteiger partial charge is 0.232 e. The van der Waals surface area contributed by atoms with Crippen LogP contribution in [0.5, 0.6) is 5.75 Å². The van der Waals surface area contributed by atoms with Gasteiger partial charge in [0.1, 0.15) is 5.75 Å². The highest BCUT2D eigenvalue weighted by Gasteiger charge is 2.17. The van der Waals surface area contributed by atoms with Crippen LogP contribution < -0.4 is 14.4 Å². The summed E-state index contributed by atoms with van der Waals surface area (Å²) in [4.78, 5) is 12.2. The minimum absolute atomic E-state index is 0.0638. The van der Waals surface area contributed by atoms with E-state index < -0.39 is 10.0 Å². The maximum absolute atomic E-state index is 12.2. The normalized spacial score (nSPS) is 11.3. The third-order valence-corrected chi connectivity index (χ3v) is 6.54. The third-order valence-electron chi connectivity index (χ3n) is 5.35. The van der Waals surface area contributed by atoms with Gasteiger partial charge in [0.2, 0.25) is 15.9 Å². The number of ether oxygens (including phenoxy) is 1. The van der Waals surface area contributed by atoms with Crippen LogP contribution in [0.4, 0.5) is 5.69 Å². The van der Waals surface area contributed by atoms with Crippen molar-refractivity contribution in [1.29, 1.82) is 0 Å². The van der Waals surface area contributed by atoms with Crippen LogP contribution in [0, 0.1) is 0 Å². The van der Waals surface area contributed by atoms with Crippen molar-refractivity contribution in [2.45, 2.75) is 25.7 Å². The summed E-state index contributed by atoms with van der Waals surface area (Å²) >= 11 is 0. The number of rotatable bonds is 11. The van der Waals surface area contributed by atoms with Crippen molar-refractivity contribution >= 4 is 32.4 Å². The van der Waals surface area contributed by atoms with E-state index in [1.54, 1.807) is 31.4 Å². The van der Waals surface area contributed by atoms with Crippen LogP contribution in [-0.2, 0) is 21.2 Å². The summed E-state index contributed by atoms with van der Waals surface area (Å²) in [6.45, 7) is 0.838. The van der Waals surface area contributed by atoms with Crippen LogP contribution in [0.2, 0.25) is 0 Å². The van der Waals surface area contributed by atoms with Crippen LogP contribution >= 0.6 is 0 Å². The minimum Gasteiger partial charge on any atom is -0.497 e. The molecule has 0 heterocycles. The first-order valence-electron chi connectivity index (χ1n) is 10.7. The van der Waals surface area contributed by atoms with Crippen LogP contribution in [-0.4, -0.2) is 40.8 Å². The Kier molecular flexibility index (Phi) is 8.11. The molecule has 3 aromatic rings. The van der Waals surface area contributed by atoms with Crippen molar-refractivity contribution < 1.29 is 17.9 Å². The van der Waals surface area contributed by atoms with Gasteiger partial charge in [-0.1, -0.05) is 42.5 Å². The first-order valence-corrected chi connectivity index (χ1v) is 12.6. The molecule has 0 aliphatic rings. The van der Waals surface area contributed by atoms with Gasteiger partial charge in [-0.05, 0) is 59.9 Å². The maximum Gasteiger partial charge on any atom is 0.232 e. The van der Waals surface area contributed by atoms with E-state index in [0.717, 1.165) is 12.8 Å². The quantitative estimate of drug-likeness (QED) is 0.442. The second-order valence-electron chi connectivity index (χ2n) is 7.73. The van der Waals surface area contributed by atoms with Gasteiger partial charge in [-0.2, -0.15) is 0 Å². The molecule has 32 heavy (non-hydrogen) atoms. The summed E-state index contributed by atoms with van der Waals surface area (Å²) in [6, 6.07) is 21.4. The molecule has 0 radical (unpaired) electrons. The summed E-state index contributed by atoms with van der Waals surface area (Å²) in [5.74, 6) is 0.594. The molecular formula is C25H30N2O4S. The largest absolute Gasteiger partial charge is 0.497 e. The highest BCUT2D eigenvalue weighted by atomic mass is 32.2. The van der Waals surface area contributed by atoms with Gasteiger partial charge in [0.15, 0.2) is 0 Å². The lowest BCUT2D eigenvalue weighted by Gasteiger charge is -2.22. The van der Waals surface area contributed by atoms with Gasteiger partial charge < -0.3 is 10.1 Å². The first kappa shape index (κ1) is 23.6. The van der Waals surface area contributed by atoms with E-state index in [2.05, 4.69) is 35.6 Å². The number of sulfonamides is 1. The number of fused-ring (bicyclic) bond motifs is 1. The average Bonchev–Trinajstić information content (AvgIpc) is 2.79. The topological polar surface area (TPSA) is 75.7 Å². The molecule has 0 atom stereocenters. The second kappa shape index (κ2) is 11.0. The number of benzene rings is 3. The number of nitrogens with zero attached hydrogens (tertiary/aromatic N) is 1. The summed E-state index contributed by atoms with van der Waals surface area (Å²) in [5.41, 5.74) is 1.84. The predicted molar refractivity (Wildman–Crippen MR) is 130 cm³/mol. The molecule has 0 aliphatic carbocycles. The molecule has 0 saturated carbocycles. The number of hydrogen-bond donors (Lipinski definition) is 1. The van der Waals surface area contributed by atoms with Crippen LogP contribution in [0.15, 0.2) is 66.7 Å². The molecular weight excluding hydrogens is 424 g/mol. The zero-order valence-corrected chi connectivity index (χ0v) is 19.4. The van der Waals surface area contributed by atoms with Crippen molar-refractivity contribution in [2.75, 3.05) is 30.8 Å². The zero-order valence-electron chi connectivity index (χ0n) is 18.6. The Morgan fingerprint density at radius 2 is 1.69 bits per heavy atom. The number of methoxy groups -OCH3 is 1. The molecule has 6 nitrogen and oxygen atoms in total. The standard InChI is InChI=1S/C25H30N2O4S/c1-31-23-16-14-22(15-17-23)27(32(2,29)30)19-7-13-25(28)26-18-6-11-21-10-5-9-20-8-3-4-12-24(20)21/h3-5,8-10,12,14-17H,6-7,11,13,18-19H2,1-2H3,(H,26,28). The van der Waals surface area contributed by atoms with Gasteiger partial charge in [0.05, 0.1) is 19.1 Å². The third kappa shape index (κ3) is 6.47. The first-order chi connectivity index (χ1) is 15.4. The van der Waals surface area contributed by atoms with E-state index >= 15 is 0 Å². The van der Waals surface area contributed by atoms with Gasteiger partial charge in [0.25, 0.3) is 0 Å². The highest BCUT2D eigenvalue weighted by Crippen LogP contribution is 2.22. The zero-order chi connectivity index (χ0) is 23.0. The van der Waals surface area contributed by atoms with Crippen molar-refractivity contribution in [3.63, 3.8) is 0 Å². The maximum atomic E-state index is 12.2. The number of carbonyl (C=O) groups is 1. The van der Waals surface area contributed by atoms with E-state index in [-0.39, 0.29) is 18.9 Å². The SMILES string of the molecule is COc1ccc(N(CCCC(=O)NCCCc2cccc3ccccc23)S(C)(=O)=O)cc1. The lowest BCUT2D eigenvalue weighted by Crippen LogP contribution is -2.32. The Bertz CT molecular complexity index is 1140. The second-order valence-corrected chi connectivity index (χ2v) is 9.64. The number of nitrogens with one attached hydrogen (secondary N) is 1. The molecule has 3 aromatic carbocycles. The van der Waals surface area contributed by atoms with E-state index in [1.165, 1.54) is 26.9 Å². The van der Waals surface area contributed by atoms with E-state index in [9.17, 15) is 13.2 Å². The molecule has 1 amide bonds. The van der Waals surface area contributed by atoms with Crippen molar-refractivity contribution in [3.8, 4) is 5.75 Å². The molecule has 0 saturated heterocycles. The van der Waals surface area contributed by atoms with Crippen molar-refractivity contribution in [2.24, 2.45) is 0 Å². The molecule has 0 aromatic heterocycles. The molecule has 0 fully saturated rings. The number of hydrogen-bond acceptors (Lipinski definition) is 4. The average molecular weight is 455 g/mol. The van der Waals surface area contributed by atoms with Crippen molar-refractivity contribution in [3.05, 3.63) is 72.3 Å². The van der Waals surface area contributed by atoms with Crippen LogP contribution in [0.25, 0.3) is 10.8 Å². The van der Waals surface area contributed by atoms with Crippen molar-refractivity contribution in [1.82, 2.24) is 5.32 Å². The van der Waals surface area contributed by atoms with Crippen LogP contribution in [0.3, 0.4) is 0 Å². The molecule has 0 spiro atoms. The molecule has 7 heteroatoms. The lowest BCUT2D eigenvalue weighted by molar-refractivity contribution is -0.121. The Morgan fingerprint density at radius 3 is 2.41 bits per heavy atom. The summed E-state index contributed by atoms with van der Waals surface area (Å²) in [6.07, 6.45) is 3.62. The van der Waals surface area contributed by atoms with Gasteiger partial charge >= 0.3 is 0 Å². The fourth-order valence-electron chi connectivity index (χ4n) is 3.72. The van der Waals surface area contributed by atoms with E-state index in [1.807, 2.05) is 12.1 Å². The minimum atomic E-state index is -3.44. The monoisotopic (exact) mass is 454 g/mol. The highest BCUT2D eigenvalue weighted by molar-refractivity contribution is 7.92. The van der Waals surface area contributed by atoms with E-state index in [0.29, 0.717) is 24.4 Å². The fourth-order valence-corrected chi connectivity index (χ4v) is 4.69. The number of amides is 1. The summed E-state index contributed by atoms with van der Waals surface area (Å²) in [7, 11) is -1.88. The fraction of sp³-hybridized carbons (Fsp3) is 0.320. The van der Waals surface area contributed by atoms with Gasteiger partial charge in [-0.15, -0.1) is 0 Å². The molecule has 0 aliphatic heterocycles. The number of carbonyl (C=O) groups excluding carboxylic acids is 1. The van der Waals surface area contributed by atoms with Crippen LogP contribution in [0.1, 0.15) is 24.8 Å². The molecule has 0 bridgehead atoms. The molecule has 170 valence electrons. The Morgan fingerprint density at radius 1 is 0.969 bits per heavy atom. The van der Waals surface area contributed by atoms with Gasteiger partial charge in [0, 0.05) is 19.5 Å². The Hall–Kier alpha value is -3.06.